The van der Waals surface area contributed by atoms with E-state index in [2.05, 4.69) is 25.6 Å². The van der Waals surface area contributed by atoms with E-state index in [1.165, 1.54) is 6.07 Å². The lowest BCUT2D eigenvalue weighted by Gasteiger charge is -2.29. The molecule has 3 aromatic rings. The van der Waals surface area contributed by atoms with Crippen molar-refractivity contribution in [1.82, 2.24) is 35.8 Å². The average molecular weight is 589 g/mol. The minimum atomic E-state index is -4.70. The molecule has 2 fully saturated rings. The first-order chi connectivity index (χ1) is 19.1. The number of hydrogen-bond acceptors (Lipinski definition) is 7. The first-order valence-corrected chi connectivity index (χ1v) is 12.6. The molecule has 0 unspecified atom stereocenters. The molecule has 3 amide bonds. The Labute approximate surface area is 227 Å². The number of carbonyl (C=O) groups excluding carboxylic acids is 2. The van der Waals surface area contributed by atoms with Crippen LogP contribution in [-0.4, -0.2) is 74.3 Å². The highest BCUT2D eigenvalue weighted by molar-refractivity contribution is 5.93. The van der Waals surface area contributed by atoms with Crippen LogP contribution >= 0.6 is 0 Å². The molecule has 0 spiro atoms. The second-order valence-corrected chi connectivity index (χ2v) is 10.5. The van der Waals surface area contributed by atoms with E-state index < -0.39 is 55.1 Å². The number of aromatic nitrogens is 4. The summed E-state index contributed by atoms with van der Waals surface area (Å²) in [7, 11) is 0. The molecule has 41 heavy (non-hydrogen) atoms. The third-order valence-corrected chi connectivity index (χ3v) is 6.94. The van der Waals surface area contributed by atoms with Crippen LogP contribution in [0.15, 0.2) is 22.8 Å². The van der Waals surface area contributed by atoms with Crippen LogP contribution in [0.2, 0.25) is 0 Å². The number of amides is 3. The van der Waals surface area contributed by atoms with Crippen LogP contribution in [0.4, 0.5) is 31.1 Å². The molecule has 11 nitrogen and oxygen atoms in total. The smallest absolute Gasteiger partial charge is 0.364 e. The number of fused-ring (bicyclic) bond motifs is 1. The normalized spacial score (nSPS) is 19.1. The molecular formula is C24H25F6N7O4. The van der Waals surface area contributed by atoms with Gasteiger partial charge < -0.3 is 25.3 Å². The van der Waals surface area contributed by atoms with Crippen molar-refractivity contribution in [2.75, 3.05) is 13.2 Å². The van der Waals surface area contributed by atoms with Gasteiger partial charge in [-0.25, -0.2) is 14.4 Å². The van der Waals surface area contributed by atoms with E-state index >= 15 is 0 Å². The van der Waals surface area contributed by atoms with Gasteiger partial charge in [-0.05, 0) is 49.5 Å². The number of ether oxygens (including phenoxy) is 1. The van der Waals surface area contributed by atoms with Gasteiger partial charge in [-0.2, -0.15) is 26.3 Å². The molecule has 17 heteroatoms. The number of nitrogens with one attached hydrogen (secondary N) is 3. The SMILES string of the molecule is CC(C)(OC[C@H](NC(=O)c1nonc1C1CC1)c1nc2cc(CN3C[C@@H](C(F)(F)F)NC3=O)ccc2[nH]1)C(F)(F)F. The molecule has 3 N–H and O–H groups in total. The molecule has 1 aliphatic heterocycles. The van der Waals surface area contributed by atoms with Crippen molar-refractivity contribution in [2.24, 2.45) is 0 Å². The number of urea groups is 1. The van der Waals surface area contributed by atoms with Crippen LogP contribution in [0.1, 0.15) is 66.2 Å². The topological polar surface area (TPSA) is 138 Å². The van der Waals surface area contributed by atoms with Gasteiger partial charge in [0, 0.05) is 12.5 Å². The van der Waals surface area contributed by atoms with Gasteiger partial charge in [-0.1, -0.05) is 11.2 Å². The van der Waals surface area contributed by atoms with Crippen molar-refractivity contribution < 1.29 is 45.3 Å². The molecule has 222 valence electrons. The van der Waals surface area contributed by atoms with E-state index in [-0.39, 0.29) is 24.0 Å². The standard InChI is InChI=1S/C24H25F6N7O4/c1-22(2,24(28,29)30)40-10-15(33-20(38)18-17(12-4-5-12)35-41-36-18)19-31-13-6-3-11(7-14(13)32-19)8-37-9-16(23(25,26)27)34-21(37)39/h3,6-7,12,15-16H,4-5,8-10H2,1-2H3,(H,31,32)(H,33,38)(H,34,39)/t15-,16-/m0/s1. The summed E-state index contributed by atoms with van der Waals surface area (Å²) in [5.74, 6) is -0.675. The molecule has 1 saturated carbocycles. The molecule has 5 rings (SSSR count). The second kappa shape index (κ2) is 10.2. The maximum atomic E-state index is 13.5. The Bertz CT molecular complexity index is 1450. The summed E-state index contributed by atoms with van der Waals surface area (Å²) in [5, 5.41) is 11.9. The first-order valence-electron chi connectivity index (χ1n) is 12.6. The fourth-order valence-corrected chi connectivity index (χ4v) is 4.23. The summed E-state index contributed by atoms with van der Waals surface area (Å²) in [6.45, 7) is 0.375. The molecule has 2 aromatic heterocycles. The molecule has 1 aliphatic carbocycles. The number of alkyl halides is 6. The van der Waals surface area contributed by atoms with Gasteiger partial charge >= 0.3 is 18.4 Å². The number of halogens is 6. The minimum Gasteiger partial charge on any atom is -0.364 e. The van der Waals surface area contributed by atoms with E-state index in [0.717, 1.165) is 31.6 Å². The first kappa shape index (κ1) is 28.6. The highest BCUT2D eigenvalue weighted by Crippen LogP contribution is 2.40. The monoisotopic (exact) mass is 589 g/mol. The van der Waals surface area contributed by atoms with Crippen LogP contribution in [0, 0.1) is 0 Å². The van der Waals surface area contributed by atoms with Crippen molar-refractivity contribution in [3.63, 3.8) is 0 Å². The highest BCUT2D eigenvalue weighted by Gasteiger charge is 2.49. The molecule has 1 saturated heterocycles. The third kappa shape index (κ3) is 6.08. The zero-order valence-electron chi connectivity index (χ0n) is 21.7. The van der Waals surface area contributed by atoms with E-state index in [4.69, 9.17) is 9.37 Å². The number of benzene rings is 1. The Kier molecular flexibility index (Phi) is 7.11. The number of hydrogen-bond donors (Lipinski definition) is 3. The van der Waals surface area contributed by atoms with Crippen LogP contribution < -0.4 is 10.6 Å². The van der Waals surface area contributed by atoms with E-state index in [9.17, 15) is 35.9 Å². The third-order valence-electron chi connectivity index (χ3n) is 6.94. The summed E-state index contributed by atoms with van der Waals surface area (Å²) >= 11 is 0. The van der Waals surface area contributed by atoms with Crippen LogP contribution in [-0.2, 0) is 11.3 Å². The molecule has 3 heterocycles. The summed E-state index contributed by atoms with van der Waals surface area (Å²) in [6, 6.07) is 0.605. The lowest BCUT2D eigenvalue weighted by atomic mass is 10.1. The van der Waals surface area contributed by atoms with Crippen LogP contribution in [0.25, 0.3) is 11.0 Å². The number of rotatable bonds is 9. The van der Waals surface area contributed by atoms with Gasteiger partial charge in [0.15, 0.2) is 11.3 Å². The van der Waals surface area contributed by atoms with E-state index in [1.807, 2.05) is 5.32 Å². The second-order valence-electron chi connectivity index (χ2n) is 10.5. The number of aromatic amines is 1. The summed E-state index contributed by atoms with van der Waals surface area (Å²) in [4.78, 5) is 33.4. The van der Waals surface area contributed by atoms with E-state index in [0.29, 0.717) is 22.3 Å². The Balaban J connectivity index is 1.37. The van der Waals surface area contributed by atoms with Gasteiger partial charge in [0.25, 0.3) is 5.91 Å². The van der Waals surface area contributed by atoms with Crippen LogP contribution in [0.3, 0.4) is 0 Å². The number of carbonyl (C=O) groups is 2. The van der Waals surface area contributed by atoms with Crippen molar-refractivity contribution in [2.45, 2.75) is 69.2 Å². The fraction of sp³-hybridized carbons (Fsp3) is 0.542. The maximum Gasteiger partial charge on any atom is 0.416 e. The van der Waals surface area contributed by atoms with Gasteiger partial charge in [-0.15, -0.1) is 0 Å². The molecule has 0 radical (unpaired) electrons. The molecule has 1 aromatic carbocycles. The predicted molar refractivity (Wildman–Crippen MR) is 127 cm³/mol. The largest absolute Gasteiger partial charge is 0.416 e. The lowest BCUT2D eigenvalue weighted by Crippen LogP contribution is -2.44. The average Bonchev–Trinajstić information content (AvgIpc) is 3.27. The summed E-state index contributed by atoms with van der Waals surface area (Å²) in [6.07, 6.45) is -7.70. The van der Waals surface area contributed by atoms with Crippen molar-refractivity contribution >= 4 is 23.0 Å². The zero-order valence-corrected chi connectivity index (χ0v) is 21.7. The number of nitrogens with zero attached hydrogens (tertiary/aromatic N) is 4. The highest BCUT2D eigenvalue weighted by atomic mass is 19.4. The van der Waals surface area contributed by atoms with Gasteiger partial charge in [0.1, 0.15) is 23.6 Å². The molecule has 2 atom stereocenters. The summed E-state index contributed by atoms with van der Waals surface area (Å²) < 4.78 is 89.3. The maximum absolute atomic E-state index is 13.5. The lowest BCUT2D eigenvalue weighted by molar-refractivity contribution is -0.265. The molecular weight excluding hydrogens is 564 g/mol. The number of H-pyrrole nitrogens is 1. The van der Waals surface area contributed by atoms with Crippen molar-refractivity contribution in [3.8, 4) is 0 Å². The minimum absolute atomic E-state index is 0.00887. The van der Waals surface area contributed by atoms with E-state index in [1.54, 1.807) is 12.1 Å². The Morgan fingerprint density at radius 3 is 2.56 bits per heavy atom. The van der Waals surface area contributed by atoms with Crippen LogP contribution in [0.5, 0.6) is 0 Å². The van der Waals surface area contributed by atoms with Gasteiger partial charge in [-0.3, -0.25) is 4.79 Å². The number of imidazole rings is 1. The summed E-state index contributed by atoms with van der Waals surface area (Å²) in [5.41, 5.74) is -1.09. The zero-order chi connectivity index (χ0) is 29.7. The quantitative estimate of drug-likeness (QED) is 0.320. The Hall–Kier alpha value is -3.89. The predicted octanol–water partition coefficient (Wildman–Crippen LogP) is 4.11. The van der Waals surface area contributed by atoms with Crippen molar-refractivity contribution in [3.05, 3.63) is 41.0 Å². The Morgan fingerprint density at radius 1 is 1.20 bits per heavy atom. The van der Waals surface area contributed by atoms with Gasteiger partial charge in [0.05, 0.1) is 24.2 Å². The molecule has 2 aliphatic rings. The molecule has 0 bridgehead atoms. The fourth-order valence-electron chi connectivity index (χ4n) is 4.23. The van der Waals surface area contributed by atoms with Crippen molar-refractivity contribution in [1.29, 1.82) is 0 Å². The van der Waals surface area contributed by atoms with Gasteiger partial charge in [0.2, 0.25) is 0 Å². The Morgan fingerprint density at radius 2 is 1.93 bits per heavy atom.